The predicted molar refractivity (Wildman–Crippen MR) is 103 cm³/mol. The molecule has 3 aliphatic rings. The zero-order valence-electron chi connectivity index (χ0n) is 17.8. The predicted octanol–water partition coefficient (Wildman–Crippen LogP) is 2.01. The lowest BCUT2D eigenvalue weighted by Gasteiger charge is -2.68. The van der Waals surface area contributed by atoms with E-state index < -0.39 is 51.8 Å². The lowest BCUT2D eigenvalue weighted by Crippen LogP contribution is -2.80. The van der Waals surface area contributed by atoms with E-state index in [-0.39, 0.29) is 32.1 Å². The van der Waals surface area contributed by atoms with E-state index in [4.69, 9.17) is 13.9 Å². The van der Waals surface area contributed by atoms with Crippen molar-refractivity contribution in [1.29, 1.82) is 0 Å². The standard InChI is InChI=1S/C22H30O8/c1-13(23)29-16-5-7-22(27)18(2,20(16,4)26)8-9-19(3,25)21(22)11-15(30-17(21)24)14-6-10-28-12-14/h6,10,12,15-16,25-27H,5,7-9,11H2,1-4H3/t15-,16-,18-,19+,20+,21-,22-/m1/s1. The number of carbonyl (C=O) groups excluding carboxylic acids is 2. The Hall–Kier alpha value is -1.90. The maximum Gasteiger partial charge on any atom is 0.318 e. The zero-order valence-corrected chi connectivity index (χ0v) is 17.8. The molecule has 1 aromatic rings. The molecule has 0 bridgehead atoms. The van der Waals surface area contributed by atoms with Crippen molar-refractivity contribution in [2.45, 2.75) is 88.8 Å². The van der Waals surface area contributed by atoms with Crippen molar-refractivity contribution in [1.82, 2.24) is 0 Å². The third kappa shape index (κ3) is 2.38. The Kier molecular flexibility index (Phi) is 4.49. The van der Waals surface area contributed by atoms with Crippen LogP contribution in [0.25, 0.3) is 0 Å². The summed E-state index contributed by atoms with van der Waals surface area (Å²) in [6.45, 7) is 6.07. The third-order valence-corrected chi connectivity index (χ3v) is 8.47. The summed E-state index contributed by atoms with van der Waals surface area (Å²) in [5.74, 6) is -1.21. The van der Waals surface area contributed by atoms with Crippen LogP contribution in [-0.4, -0.2) is 50.2 Å². The van der Waals surface area contributed by atoms with Crippen LogP contribution in [0.2, 0.25) is 0 Å². The SMILES string of the molecule is CC(=O)O[C@@H]1CC[C@@]2(O)[C@](C)(CC[C@](C)(O)[C@]23C[C@H](c2ccoc2)OC3=O)[C@@]1(C)O. The Balaban J connectivity index is 1.84. The average Bonchev–Trinajstić information content (AvgIpc) is 3.28. The summed E-state index contributed by atoms with van der Waals surface area (Å²) in [7, 11) is 0. The molecule has 2 heterocycles. The van der Waals surface area contributed by atoms with Crippen LogP contribution in [-0.2, 0) is 19.1 Å². The van der Waals surface area contributed by atoms with Crippen molar-refractivity contribution in [3.05, 3.63) is 24.2 Å². The van der Waals surface area contributed by atoms with Gasteiger partial charge in [0.2, 0.25) is 0 Å². The van der Waals surface area contributed by atoms with Gasteiger partial charge in [-0.25, -0.2) is 0 Å². The van der Waals surface area contributed by atoms with Crippen molar-refractivity contribution in [2.75, 3.05) is 0 Å². The van der Waals surface area contributed by atoms with Gasteiger partial charge in [-0.2, -0.15) is 0 Å². The Morgan fingerprint density at radius 3 is 2.47 bits per heavy atom. The van der Waals surface area contributed by atoms with Gasteiger partial charge in [-0.3, -0.25) is 9.59 Å². The number of hydrogen-bond donors (Lipinski definition) is 3. The largest absolute Gasteiger partial charge is 0.472 e. The first-order valence-electron chi connectivity index (χ1n) is 10.4. The first-order valence-corrected chi connectivity index (χ1v) is 10.4. The van der Waals surface area contributed by atoms with Crippen molar-refractivity contribution >= 4 is 11.9 Å². The molecule has 8 nitrogen and oxygen atoms in total. The van der Waals surface area contributed by atoms with Crippen LogP contribution < -0.4 is 0 Å². The highest BCUT2D eigenvalue weighted by molar-refractivity contribution is 5.83. The van der Waals surface area contributed by atoms with Crippen LogP contribution in [0.1, 0.15) is 71.5 Å². The van der Waals surface area contributed by atoms with Gasteiger partial charge >= 0.3 is 11.9 Å². The van der Waals surface area contributed by atoms with Crippen molar-refractivity contribution in [2.24, 2.45) is 10.8 Å². The minimum Gasteiger partial charge on any atom is -0.472 e. The summed E-state index contributed by atoms with van der Waals surface area (Å²) in [6, 6.07) is 1.69. The first-order chi connectivity index (χ1) is 13.8. The molecule has 0 aromatic carbocycles. The van der Waals surface area contributed by atoms with Crippen LogP contribution in [0, 0.1) is 10.8 Å². The summed E-state index contributed by atoms with van der Waals surface area (Å²) < 4.78 is 16.2. The molecule has 2 saturated carbocycles. The molecule has 1 aromatic heterocycles. The van der Waals surface area contributed by atoms with Crippen LogP contribution >= 0.6 is 0 Å². The topological polar surface area (TPSA) is 126 Å². The van der Waals surface area contributed by atoms with Crippen molar-refractivity contribution in [3.63, 3.8) is 0 Å². The van der Waals surface area contributed by atoms with Gasteiger partial charge in [0.05, 0.1) is 23.7 Å². The highest BCUT2D eigenvalue weighted by atomic mass is 16.6. The van der Waals surface area contributed by atoms with Crippen molar-refractivity contribution < 1.29 is 38.8 Å². The monoisotopic (exact) mass is 422 g/mol. The molecule has 166 valence electrons. The second-order valence-electron chi connectivity index (χ2n) is 9.81. The van der Waals surface area contributed by atoms with E-state index in [0.717, 1.165) is 0 Å². The van der Waals surface area contributed by atoms with Gasteiger partial charge in [-0.1, -0.05) is 6.92 Å². The van der Waals surface area contributed by atoms with Crippen LogP contribution in [0.3, 0.4) is 0 Å². The summed E-state index contributed by atoms with van der Waals surface area (Å²) in [5, 5.41) is 35.3. The molecule has 1 spiro atoms. The molecular weight excluding hydrogens is 392 g/mol. The van der Waals surface area contributed by atoms with E-state index in [1.165, 1.54) is 26.4 Å². The fourth-order valence-corrected chi connectivity index (χ4v) is 6.40. The molecular formula is C22H30O8. The lowest BCUT2D eigenvalue weighted by molar-refractivity contribution is -0.331. The van der Waals surface area contributed by atoms with Gasteiger partial charge in [-0.15, -0.1) is 0 Å². The Bertz CT molecular complexity index is 858. The molecule has 4 rings (SSSR count). The summed E-state index contributed by atoms with van der Waals surface area (Å²) in [4.78, 5) is 25.0. The van der Waals surface area contributed by atoms with Gasteiger partial charge in [0, 0.05) is 24.3 Å². The number of rotatable bonds is 2. The summed E-state index contributed by atoms with van der Waals surface area (Å²) in [5.41, 5.74) is -7.19. The van der Waals surface area contributed by atoms with E-state index in [1.54, 1.807) is 19.9 Å². The molecule has 2 aliphatic carbocycles. The van der Waals surface area contributed by atoms with Crippen LogP contribution in [0.4, 0.5) is 0 Å². The number of cyclic esters (lactones) is 1. The smallest absolute Gasteiger partial charge is 0.318 e. The van der Waals surface area contributed by atoms with Gasteiger partial charge in [0.1, 0.15) is 23.2 Å². The molecule has 3 N–H and O–H groups in total. The van der Waals surface area contributed by atoms with Gasteiger partial charge < -0.3 is 29.2 Å². The number of esters is 2. The number of aliphatic hydroxyl groups is 3. The fourth-order valence-electron chi connectivity index (χ4n) is 6.40. The summed E-state index contributed by atoms with van der Waals surface area (Å²) >= 11 is 0. The second-order valence-corrected chi connectivity index (χ2v) is 9.81. The lowest BCUT2D eigenvalue weighted by atomic mass is 9.39. The minimum atomic E-state index is -1.78. The molecule has 1 saturated heterocycles. The maximum atomic E-state index is 13.4. The zero-order chi connectivity index (χ0) is 22.2. The molecule has 8 heteroatoms. The van der Waals surface area contributed by atoms with Gasteiger partial charge in [0.15, 0.2) is 0 Å². The van der Waals surface area contributed by atoms with Crippen molar-refractivity contribution in [3.8, 4) is 0 Å². The number of fused-ring (bicyclic) bond motifs is 2. The van der Waals surface area contributed by atoms with E-state index in [2.05, 4.69) is 0 Å². The highest BCUT2D eigenvalue weighted by Crippen LogP contribution is 2.70. The quantitative estimate of drug-likeness (QED) is 0.618. The number of carbonyl (C=O) groups is 2. The maximum absolute atomic E-state index is 13.4. The third-order valence-electron chi connectivity index (χ3n) is 8.47. The van der Waals surface area contributed by atoms with E-state index in [0.29, 0.717) is 5.56 Å². The summed E-state index contributed by atoms with van der Waals surface area (Å²) in [6.07, 6.45) is 2.13. The highest BCUT2D eigenvalue weighted by Gasteiger charge is 2.81. The minimum absolute atomic E-state index is 0.0543. The molecule has 3 fully saturated rings. The first kappa shape index (κ1) is 21.3. The Labute approximate surface area is 175 Å². The fraction of sp³-hybridized carbons (Fsp3) is 0.727. The Morgan fingerprint density at radius 1 is 1.17 bits per heavy atom. The molecule has 0 amide bonds. The number of ether oxygens (including phenoxy) is 2. The number of hydrogen-bond acceptors (Lipinski definition) is 8. The van der Waals surface area contributed by atoms with E-state index in [1.807, 2.05) is 0 Å². The van der Waals surface area contributed by atoms with Gasteiger partial charge in [-0.05, 0) is 45.6 Å². The van der Waals surface area contributed by atoms with Gasteiger partial charge in [0.25, 0.3) is 0 Å². The normalized spacial score (nSPS) is 48.3. The average molecular weight is 422 g/mol. The van der Waals surface area contributed by atoms with E-state index >= 15 is 0 Å². The molecule has 0 unspecified atom stereocenters. The Morgan fingerprint density at radius 2 is 1.87 bits per heavy atom. The molecule has 1 aliphatic heterocycles. The number of furan rings is 1. The molecule has 0 radical (unpaired) electrons. The van der Waals surface area contributed by atoms with E-state index in [9.17, 15) is 24.9 Å². The molecule has 30 heavy (non-hydrogen) atoms. The molecule has 7 atom stereocenters. The van der Waals surface area contributed by atoms with Crippen LogP contribution in [0.5, 0.6) is 0 Å². The second kappa shape index (κ2) is 6.31. The van der Waals surface area contributed by atoms with Crippen LogP contribution in [0.15, 0.2) is 23.0 Å².